The Morgan fingerprint density at radius 1 is 1.71 bits per heavy atom. The van der Waals surface area contributed by atoms with Gasteiger partial charge in [-0.15, -0.1) is 0 Å². The molecule has 0 radical (unpaired) electrons. The van der Waals surface area contributed by atoms with E-state index in [9.17, 15) is 8.78 Å². The maximum absolute atomic E-state index is 11.7. The lowest BCUT2D eigenvalue weighted by Gasteiger charge is -1.96. The second kappa shape index (κ2) is 6.45. The molecule has 5 heteroatoms. The molecule has 1 nitrogen and oxygen atoms in total. The largest absolute Gasteiger partial charge is 0.267 e. The van der Waals surface area contributed by atoms with E-state index >= 15 is 0 Å². The van der Waals surface area contributed by atoms with Gasteiger partial charge in [-0.2, -0.15) is 8.78 Å². The molecule has 0 spiro atoms. The minimum absolute atomic E-state index is 0.420. The highest BCUT2D eigenvalue weighted by Crippen LogP contribution is 2.27. The van der Waals surface area contributed by atoms with Crippen LogP contribution >= 0.6 is 23.5 Å². The number of aliphatic imine (C=N–C) groups is 1. The van der Waals surface area contributed by atoms with Gasteiger partial charge in [-0.05, 0) is 18.9 Å². The number of halogens is 2. The van der Waals surface area contributed by atoms with Crippen LogP contribution in [0.4, 0.5) is 8.78 Å². The topological polar surface area (TPSA) is 12.4 Å². The Labute approximate surface area is 91.4 Å². The van der Waals surface area contributed by atoms with E-state index in [1.165, 1.54) is 0 Å². The summed E-state index contributed by atoms with van der Waals surface area (Å²) in [7, 11) is 0. The van der Waals surface area contributed by atoms with Gasteiger partial charge in [-0.25, -0.2) is 0 Å². The molecule has 1 rings (SSSR count). The van der Waals surface area contributed by atoms with Gasteiger partial charge in [0.1, 0.15) is 4.38 Å². The van der Waals surface area contributed by atoms with Gasteiger partial charge in [-0.3, -0.25) is 4.99 Å². The summed E-state index contributed by atoms with van der Waals surface area (Å²) in [6.45, 7) is 2.11. The zero-order chi connectivity index (χ0) is 10.4. The van der Waals surface area contributed by atoms with Crippen molar-refractivity contribution in [1.82, 2.24) is 0 Å². The third-order valence-electron chi connectivity index (χ3n) is 1.80. The van der Waals surface area contributed by atoms with Crippen molar-refractivity contribution in [2.75, 3.05) is 11.5 Å². The van der Waals surface area contributed by atoms with Gasteiger partial charge in [-0.1, -0.05) is 30.4 Å². The summed E-state index contributed by atoms with van der Waals surface area (Å²) in [5.74, 6) is 1.74. The quantitative estimate of drug-likeness (QED) is 0.690. The summed E-state index contributed by atoms with van der Waals surface area (Å²) in [6.07, 6.45) is 0.863. The van der Waals surface area contributed by atoms with E-state index in [1.54, 1.807) is 23.5 Å². The molecule has 0 fully saturated rings. The molecule has 1 atom stereocenters. The Hall–Kier alpha value is -0.0300. The molecule has 0 aromatic heterocycles. The summed E-state index contributed by atoms with van der Waals surface area (Å²) in [6, 6.07) is 0.441. The van der Waals surface area contributed by atoms with Crippen molar-refractivity contribution in [1.29, 1.82) is 0 Å². The number of hydrogen-bond acceptors (Lipinski definition) is 3. The van der Waals surface area contributed by atoms with Gasteiger partial charge < -0.3 is 0 Å². The fraction of sp³-hybridized carbons (Fsp3) is 0.667. The fourth-order valence-corrected chi connectivity index (χ4v) is 3.28. The van der Waals surface area contributed by atoms with Crippen LogP contribution in [0.5, 0.6) is 0 Å². The number of hydrogen-bond donors (Lipinski definition) is 0. The van der Waals surface area contributed by atoms with Gasteiger partial charge >= 0.3 is 0 Å². The van der Waals surface area contributed by atoms with Crippen molar-refractivity contribution in [2.24, 2.45) is 4.99 Å². The molecule has 80 valence electrons. The van der Waals surface area contributed by atoms with Crippen LogP contribution in [-0.2, 0) is 0 Å². The first-order valence-corrected chi connectivity index (χ1v) is 6.54. The van der Waals surface area contributed by atoms with Crippen molar-refractivity contribution in [3.05, 3.63) is 12.2 Å². The lowest BCUT2D eigenvalue weighted by Crippen LogP contribution is -1.99. The van der Waals surface area contributed by atoms with Crippen LogP contribution in [-0.4, -0.2) is 21.9 Å². The molecule has 1 heterocycles. The van der Waals surface area contributed by atoms with Crippen LogP contribution in [0.2, 0.25) is 0 Å². The van der Waals surface area contributed by atoms with Gasteiger partial charge in [0.15, 0.2) is 0 Å². The standard InChI is InChI=1S/C9H13F2NS2/c1-2-7-6-14-9(12-7)13-5-3-4-8(10)11/h4,7H,2-3,5-6H2,1H3. The minimum Gasteiger partial charge on any atom is -0.267 e. The maximum atomic E-state index is 11.7. The van der Waals surface area contributed by atoms with Gasteiger partial charge in [0.25, 0.3) is 6.08 Å². The van der Waals surface area contributed by atoms with E-state index in [2.05, 4.69) is 11.9 Å². The molecule has 1 unspecified atom stereocenters. The number of thioether (sulfide) groups is 2. The highest BCUT2D eigenvalue weighted by molar-refractivity contribution is 8.39. The number of nitrogens with zero attached hydrogens (tertiary/aromatic N) is 1. The predicted octanol–water partition coefficient (Wildman–Crippen LogP) is 3.77. The molecule has 0 bridgehead atoms. The van der Waals surface area contributed by atoms with E-state index in [1.807, 2.05) is 0 Å². The van der Waals surface area contributed by atoms with Crippen LogP contribution in [0.3, 0.4) is 0 Å². The maximum Gasteiger partial charge on any atom is 0.266 e. The van der Waals surface area contributed by atoms with E-state index in [4.69, 9.17) is 0 Å². The Balaban J connectivity index is 2.16. The van der Waals surface area contributed by atoms with E-state index in [0.29, 0.717) is 18.2 Å². The van der Waals surface area contributed by atoms with E-state index in [-0.39, 0.29) is 0 Å². The van der Waals surface area contributed by atoms with Gasteiger partial charge in [0.05, 0.1) is 6.04 Å². The second-order valence-corrected chi connectivity index (χ2v) is 5.25. The third kappa shape index (κ3) is 4.46. The highest BCUT2D eigenvalue weighted by Gasteiger charge is 2.15. The molecule has 0 saturated heterocycles. The minimum atomic E-state index is -1.59. The van der Waals surface area contributed by atoms with Crippen molar-refractivity contribution in [2.45, 2.75) is 25.8 Å². The smallest absolute Gasteiger partial charge is 0.266 e. The molecule has 0 aromatic rings. The van der Waals surface area contributed by atoms with Crippen molar-refractivity contribution in [3.63, 3.8) is 0 Å². The first kappa shape index (κ1) is 12.0. The molecule has 1 aliphatic heterocycles. The normalized spacial score (nSPS) is 20.8. The molecular formula is C9H13F2NS2. The Morgan fingerprint density at radius 3 is 3.07 bits per heavy atom. The second-order valence-electron chi connectivity index (χ2n) is 2.90. The van der Waals surface area contributed by atoms with Crippen LogP contribution in [0.25, 0.3) is 0 Å². The predicted molar refractivity (Wildman–Crippen MR) is 61.3 cm³/mol. The Morgan fingerprint density at radius 2 is 2.50 bits per heavy atom. The molecule has 0 saturated carbocycles. The van der Waals surface area contributed by atoms with Crippen LogP contribution < -0.4 is 0 Å². The monoisotopic (exact) mass is 237 g/mol. The van der Waals surface area contributed by atoms with Gasteiger partial charge in [0.2, 0.25) is 0 Å². The zero-order valence-electron chi connectivity index (χ0n) is 8.00. The lowest BCUT2D eigenvalue weighted by molar-refractivity contribution is 0.418. The van der Waals surface area contributed by atoms with E-state index in [0.717, 1.165) is 22.6 Å². The summed E-state index contributed by atoms with van der Waals surface area (Å²) < 4.78 is 24.4. The van der Waals surface area contributed by atoms with Crippen molar-refractivity contribution >= 4 is 27.9 Å². The molecule has 0 aromatic carbocycles. The molecule has 0 N–H and O–H groups in total. The summed E-state index contributed by atoms with van der Waals surface area (Å²) in [5.41, 5.74) is 0. The highest BCUT2D eigenvalue weighted by atomic mass is 32.2. The molecule has 1 aliphatic rings. The Kier molecular flexibility index (Phi) is 5.55. The van der Waals surface area contributed by atoms with E-state index < -0.39 is 6.08 Å². The third-order valence-corrected chi connectivity index (χ3v) is 4.20. The molecule has 14 heavy (non-hydrogen) atoms. The SMILES string of the molecule is CCC1CSC(SCCC=C(F)F)=N1. The average molecular weight is 237 g/mol. The first-order chi connectivity index (χ1) is 6.72. The lowest BCUT2D eigenvalue weighted by atomic mass is 10.3. The van der Waals surface area contributed by atoms with Crippen LogP contribution in [0.15, 0.2) is 17.1 Å². The van der Waals surface area contributed by atoms with Crippen molar-refractivity contribution < 1.29 is 8.78 Å². The molecule has 0 aliphatic carbocycles. The summed E-state index contributed by atoms with van der Waals surface area (Å²) in [4.78, 5) is 4.46. The fourth-order valence-electron chi connectivity index (χ4n) is 0.993. The van der Waals surface area contributed by atoms with Crippen molar-refractivity contribution in [3.8, 4) is 0 Å². The summed E-state index contributed by atoms with van der Waals surface area (Å²) in [5, 5.41) is 0. The molecule has 0 amide bonds. The number of allylic oxidation sites excluding steroid dienone is 1. The van der Waals surface area contributed by atoms with Crippen LogP contribution in [0, 0.1) is 0 Å². The average Bonchev–Trinajstić information content (AvgIpc) is 2.60. The summed E-state index contributed by atoms with van der Waals surface area (Å²) >= 11 is 3.32. The van der Waals surface area contributed by atoms with Gasteiger partial charge in [0, 0.05) is 11.5 Å². The Bertz CT molecular complexity index is 237. The van der Waals surface area contributed by atoms with Crippen LogP contribution in [0.1, 0.15) is 19.8 Å². The molecular weight excluding hydrogens is 224 g/mol. The first-order valence-electron chi connectivity index (χ1n) is 4.57. The number of rotatable bonds is 4. The zero-order valence-corrected chi connectivity index (χ0v) is 9.64.